The number of hydrogen-bond donors (Lipinski definition) is 1. The first-order valence-electron chi connectivity index (χ1n) is 8.55. The van der Waals surface area contributed by atoms with E-state index in [-0.39, 0.29) is 11.3 Å². The van der Waals surface area contributed by atoms with Crippen molar-refractivity contribution in [1.29, 1.82) is 0 Å². The van der Waals surface area contributed by atoms with Gasteiger partial charge in [0, 0.05) is 19.0 Å². The largest absolute Gasteiger partial charge is 0.355 e. The van der Waals surface area contributed by atoms with Gasteiger partial charge in [-0.25, -0.2) is 0 Å². The molecule has 0 radical (unpaired) electrons. The van der Waals surface area contributed by atoms with E-state index < -0.39 is 0 Å². The number of hydrogen-bond acceptors (Lipinski definition) is 2. The van der Waals surface area contributed by atoms with Crippen molar-refractivity contribution in [3.8, 4) is 0 Å². The Morgan fingerprint density at radius 3 is 2.50 bits per heavy atom. The van der Waals surface area contributed by atoms with Crippen molar-refractivity contribution in [2.75, 3.05) is 19.6 Å². The molecular weight excluding hydrogens is 272 g/mol. The summed E-state index contributed by atoms with van der Waals surface area (Å²) in [5.41, 5.74) is 1.34. The van der Waals surface area contributed by atoms with Gasteiger partial charge in [0.2, 0.25) is 5.91 Å². The summed E-state index contributed by atoms with van der Waals surface area (Å²) in [4.78, 5) is 14.6. The van der Waals surface area contributed by atoms with Crippen LogP contribution < -0.4 is 5.32 Å². The molecule has 1 N–H and O–H groups in total. The minimum atomic E-state index is 0.0408. The molecule has 3 nitrogen and oxygen atoms in total. The maximum atomic E-state index is 12.1. The van der Waals surface area contributed by atoms with E-state index in [0.717, 1.165) is 13.0 Å². The van der Waals surface area contributed by atoms with Crippen LogP contribution in [0, 0.1) is 0 Å². The molecule has 0 bridgehead atoms. The molecule has 1 aliphatic heterocycles. The van der Waals surface area contributed by atoms with Crippen LogP contribution in [0.5, 0.6) is 0 Å². The molecule has 0 spiro atoms. The molecule has 0 aliphatic carbocycles. The molecule has 1 heterocycles. The van der Waals surface area contributed by atoms with Gasteiger partial charge in [-0.15, -0.1) is 0 Å². The van der Waals surface area contributed by atoms with Crippen LogP contribution in [0.25, 0.3) is 0 Å². The highest BCUT2D eigenvalue weighted by molar-refractivity contribution is 5.76. The third-order valence-electron chi connectivity index (χ3n) is 4.89. The molecule has 1 atom stereocenters. The van der Waals surface area contributed by atoms with E-state index in [9.17, 15) is 4.79 Å². The number of likely N-dealkylation sites (tertiary alicyclic amines) is 1. The van der Waals surface area contributed by atoms with Gasteiger partial charge in [0.25, 0.3) is 0 Å². The normalized spacial score (nSPS) is 17.4. The van der Waals surface area contributed by atoms with E-state index in [1.54, 1.807) is 0 Å². The van der Waals surface area contributed by atoms with Crippen LogP contribution in [-0.2, 0) is 10.2 Å². The number of nitrogens with one attached hydrogen (secondary N) is 1. The molecular formula is C19H30N2O. The molecule has 122 valence electrons. The Balaban J connectivity index is 1.73. The van der Waals surface area contributed by atoms with E-state index >= 15 is 0 Å². The Kier molecular flexibility index (Phi) is 6.01. The van der Waals surface area contributed by atoms with Crippen molar-refractivity contribution in [1.82, 2.24) is 10.2 Å². The fourth-order valence-corrected chi connectivity index (χ4v) is 3.12. The van der Waals surface area contributed by atoms with Crippen molar-refractivity contribution in [3.05, 3.63) is 35.9 Å². The quantitative estimate of drug-likeness (QED) is 0.838. The maximum absolute atomic E-state index is 12.1. The van der Waals surface area contributed by atoms with Gasteiger partial charge in [-0.3, -0.25) is 9.69 Å². The second kappa shape index (κ2) is 7.77. The lowest BCUT2D eigenvalue weighted by Gasteiger charge is -2.26. The minimum absolute atomic E-state index is 0.0408. The van der Waals surface area contributed by atoms with Crippen molar-refractivity contribution < 1.29 is 4.79 Å². The molecule has 1 aliphatic rings. The lowest BCUT2D eigenvalue weighted by atomic mass is 9.80. The average molecular weight is 302 g/mol. The standard InChI is InChI=1S/C19H30N2O/c1-16(21-13-7-8-14-21)15-20-18(22)11-12-19(2,3)17-9-5-4-6-10-17/h4-6,9-10,16H,7-8,11-15H2,1-3H3,(H,20,22). The lowest BCUT2D eigenvalue weighted by Crippen LogP contribution is -2.40. The summed E-state index contributed by atoms with van der Waals surface area (Å²) in [5.74, 6) is 0.176. The summed E-state index contributed by atoms with van der Waals surface area (Å²) in [5, 5.41) is 3.10. The van der Waals surface area contributed by atoms with Gasteiger partial charge in [0.05, 0.1) is 0 Å². The Morgan fingerprint density at radius 2 is 1.86 bits per heavy atom. The molecule has 22 heavy (non-hydrogen) atoms. The van der Waals surface area contributed by atoms with Crippen LogP contribution in [0.2, 0.25) is 0 Å². The topological polar surface area (TPSA) is 32.3 Å². The zero-order chi connectivity index (χ0) is 16.0. The van der Waals surface area contributed by atoms with Gasteiger partial charge in [-0.2, -0.15) is 0 Å². The van der Waals surface area contributed by atoms with Gasteiger partial charge < -0.3 is 5.32 Å². The van der Waals surface area contributed by atoms with E-state index in [4.69, 9.17) is 0 Å². The van der Waals surface area contributed by atoms with Crippen molar-refractivity contribution >= 4 is 5.91 Å². The molecule has 3 heteroatoms. The SMILES string of the molecule is CC(CNC(=O)CCC(C)(C)c1ccccc1)N1CCCC1. The third-order valence-corrected chi connectivity index (χ3v) is 4.89. The predicted octanol–water partition coefficient (Wildman–Crippen LogP) is 3.34. The van der Waals surface area contributed by atoms with Crippen LogP contribution >= 0.6 is 0 Å². The monoisotopic (exact) mass is 302 g/mol. The molecule has 1 fully saturated rings. The van der Waals surface area contributed by atoms with Crippen LogP contribution in [0.4, 0.5) is 0 Å². The zero-order valence-corrected chi connectivity index (χ0v) is 14.3. The van der Waals surface area contributed by atoms with Crippen molar-refractivity contribution in [2.45, 2.75) is 57.9 Å². The summed E-state index contributed by atoms with van der Waals surface area (Å²) in [6.45, 7) is 9.76. The summed E-state index contributed by atoms with van der Waals surface area (Å²) in [6.07, 6.45) is 4.06. The fourth-order valence-electron chi connectivity index (χ4n) is 3.12. The zero-order valence-electron chi connectivity index (χ0n) is 14.3. The maximum Gasteiger partial charge on any atom is 0.220 e. The molecule has 1 aromatic carbocycles. The van der Waals surface area contributed by atoms with E-state index in [2.05, 4.69) is 55.3 Å². The summed E-state index contributed by atoms with van der Waals surface area (Å²) >= 11 is 0. The molecule has 1 saturated heterocycles. The van der Waals surface area contributed by atoms with E-state index in [1.807, 2.05) is 6.07 Å². The van der Waals surface area contributed by atoms with Crippen LogP contribution in [-0.4, -0.2) is 36.5 Å². The van der Waals surface area contributed by atoms with Crippen molar-refractivity contribution in [2.24, 2.45) is 0 Å². The summed E-state index contributed by atoms with van der Waals surface area (Å²) in [7, 11) is 0. The second-order valence-electron chi connectivity index (χ2n) is 7.15. The number of nitrogens with zero attached hydrogens (tertiary/aromatic N) is 1. The Hall–Kier alpha value is -1.35. The Bertz CT molecular complexity index is 464. The predicted molar refractivity (Wildman–Crippen MR) is 92.0 cm³/mol. The Morgan fingerprint density at radius 1 is 1.23 bits per heavy atom. The molecule has 1 aromatic rings. The highest BCUT2D eigenvalue weighted by Crippen LogP contribution is 2.27. The van der Waals surface area contributed by atoms with Gasteiger partial charge in [0.1, 0.15) is 0 Å². The smallest absolute Gasteiger partial charge is 0.220 e. The van der Waals surface area contributed by atoms with E-state index in [0.29, 0.717) is 12.5 Å². The third kappa shape index (κ3) is 4.84. The highest BCUT2D eigenvalue weighted by Gasteiger charge is 2.22. The molecule has 1 unspecified atom stereocenters. The van der Waals surface area contributed by atoms with Gasteiger partial charge in [-0.05, 0) is 50.3 Å². The van der Waals surface area contributed by atoms with E-state index in [1.165, 1.54) is 31.5 Å². The first-order valence-corrected chi connectivity index (χ1v) is 8.55. The number of benzene rings is 1. The average Bonchev–Trinajstić information content (AvgIpc) is 3.06. The van der Waals surface area contributed by atoms with Gasteiger partial charge in [0.15, 0.2) is 0 Å². The molecule has 1 amide bonds. The summed E-state index contributed by atoms with van der Waals surface area (Å²) < 4.78 is 0. The first kappa shape index (κ1) is 17.0. The van der Waals surface area contributed by atoms with Gasteiger partial charge in [-0.1, -0.05) is 44.2 Å². The number of carbonyl (C=O) groups is 1. The van der Waals surface area contributed by atoms with Crippen LogP contribution in [0.15, 0.2) is 30.3 Å². The fraction of sp³-hybridized carbons (Fsp3) is 0.632. The van der Waals surface area contributed by atoms with Crippen molar-refractivity contribution in [3.63, 3.8) is 0 Å². The minimum Gasteiger partial charge on any atom is -0.355 e. The number of carbonyl (C=O) groups excluding carboxylic acids is 1. The molecule has 0 aromatic heterocycles. The van der Waals surface area contributed by atoms with Gasteiger partial charge >= 0.3 is 0 Å². The second-order valence-corrected chi connectivity index (χ2v) is 7.15. The number of rotatable bonds is 7. The molecule has 2 rings (SSSR count). The van der Waals surface area contributed by atoms with Crippen LogP contribution in [0.3, 0.4) is 0 Å². The lowest BCUT2D eigenvalue weighted by molar-refractivity contribution is -0.121. The Labute approximate surface area is 135 Å². The molecule has 0 saturated carbocycles. The number of amides is 1. The summed E-state index contributed by atoms with van der Waals surface area (Å²) in [6, 6.07) is 10.9. The van der Waals surface area contributed by atoms with Crippen LogP contribution in [0.1, 0.15) is 52.0 Å². The highest BCUT2D eigenvalue weighted by atomic mass is 16.1. The first-order chi connectivity index (χ1) is 10.5.